The highest BCUT2D eigenvalue weighted by Crippen LogP contribution is 2.28. The number of benzene rings is 1. The Morgan fingerprint density at radius 3 is 2.79 bits per heavy atom. The molecule has 2 nitrogen and oxygen atoms in total. The van der Waals surface area contributed by atoms with Crippen molar-refractivity contribution in [1.82, 2.24) is 0 Å². The van der Waals surface area contributed by atoms with E-state index in [1.54, 1.807) is 11.3 Å². The number of nitriles is 1. The summed E-state index contributed by atoms with van der Waals surface area (Å²) in [7, 11) is 0. The van der Waals surface area contributed by atoms with Crippen LogP contribution in [0.4, 0.5) is 5.69 Å². The molecule has 0 spiro atoms. The van der Waals surface area contributed by atoms with Gasteiger partial charge in [0.2, 0.25) is 0 Å². The minimum atomic E-state index is 0.0496. The van der Waals surface area contributed by atoms with Crippen LogP contribution >= 0.6 is 27.3 Å². The quantitative estimate of drug-likeness (QED) is 0.873. The maximum Gasteiger partial charge on any atom is 0.101 e. The summed E-state index contributed by atoms with van der Waals surface area (Å²) < 4.78 is 0.923. The highest BCUT2D eigenvalue weighted by Gasteiger charge is 2.21. The summed E-state index contributed by atoms with van der Waals surface area (Å²) in [5, 5.41) is 14.6. The van der Waals surface area contributed by atoms with Gasteiger partial charge in [-0.25, -0.2) is 0 Å². The summed E-state index contributed by atoms with van der Waals surface area (Å²) in [5.41, 5.74) is 1.60. The molecule has 0 radical (unpaired) electrons. The zero-order valence-electron chi connectivity index (χ0n) is 10.9. The van der Waals surface area contributed by atoms with Crippen molar-refractivity contribution in [2.24, 2.45) is 0 Å². The van der Waals surface area contributed by atoms with Crippen molar-refractivity contribution in [3.05, 3.63) is 50.6 Å². The first-order chi connectivity index (χ1) is 9.03. The molecule has 0 unspecified atom stereocenters. The zero-order valence-corrected chi connectivity index (χ0v) is 13.3. The second-order valence-corrected chi connectivity index (χ2v) is 6.88. The summed E-state index contributed by atoms with van der Waals surface area (Å²) in [4.78, 5) is 1.34. The van der Waals surface area contributed by atoms with Gasteiger partial charge in [0.25, 0.3) is 0 Å². The Morgan fingerprint density at radius 2 is 2.16 bits per heavy atom. The second-order valence-electron chi connectivity index (χ2n) is 5.02. The van der Waals surface area contributed by atoms with E-state index in [1.807, 2.05) is 18.2 Å². The molecule has 0 aliphatic carbocycles. The SMILES string of the molecule is CC(C)(CNc1ccc(Br)cc1C#N)c1cccs1. The van der Waals surface area contributed by atoms with Gasteiger partial charge in [-0.15, -0.1) is 11.3 Å². The molecule has 19 heavy (non-hydrogen) atoms. The minimum absolute atomic E-state index is 0.0496. The predicted molar refractivity (Wildman–Crippen MR) is 84.7 cm³/mol. The molecule has 0 aliphatic rings. The molecule has 2 rings (SSSR count). The minimum Gasteiger partial charge on any atom is -0.383 e. The number of nitrogens with one attached hydrogen (secondary N) is 1. The first-order valence-electron chi connectivity index (χ1n) is 6.00. The third kappa shape index (κ3) is 3.37. The van der Waals surface area contributed by atoms with E-state index in [-0.39, 0.29) is 5.41 Å². The van der Waals surface area contributed by atoms with Crippen molar-refractivity contribution in [1.29, 1.82) is 5.26 Å². The summed E-state index contributed by atoms with van der Waals surface area (Å²) in [6.45, 7) is 5.21. The van der Waals surface area contributed by atoms with Crippen LogP contribution in [0.25, 0.3) is 0 Å². The van der Waals surface area contributed by atoms with E-state index in [1.165, 1.54) is 4.88 Å². The third-order valence-electron chi connectivity index (χ3n) is 3.01. The van der Waals surface area contributed by atoms with E-state index >= 15 is 0 Å². The molecule has 4 heteroatoms. The maximum atomic E-state index is 9.15. The van der Waals surface area contributed by atoms with Crippen molar-refractivity contribution in [2.45, 2.75) is 19.3 Å². The second kappa shape index (κ2) is 5.77. The average Bonchev–Trinajstić information content (AvgIpc) is 2.91. The molecule has 1 heterocycles. The summed E-state index contributed by atoms with van der Waals surface area (Å²) in [6, 6.07) is 12.2. The van der Waals surface area contributed by atoms with Gasteiger partial charge in [-0.3, -0.25) is 0 Å². The normalized spacial score (nSPS) is 11.1. The lowest BCUT2D eigenvalue weighted by molar-refractivity contribution is 0.569. The number of anilines is 1. The van der Waals surface area contributed by atoms with Crippen LogP contribution < -0.4 is 5.32 Å². The first kappa shape index (κ1) is 14.1. The fraction of sp³-hybridized carbons (Fsp3) is 0.267. The van der Waals surface area contributed by atoms with E-state index < -0.39 is 0 Å². The molecule has 0 aliphatic heterocycles. The molecule has 0 saturated heterocycles. The summed E-state index contributed by atoms with van der Waals surface area (Å²) in [6.07, 6.45) is 0. The Labute approximate surface area is 126 Å². The first-order valence-corrected chi connectivity index (χ1v) is 7.68. The Morgan fingerprint density at radius 1 is 1.37 bits per heavy atom. The number of hydrogen-bond acceptors (Lipinski definition) is 3. The molecule has 1 aromatic carbocycles. The lowest BCUT2D eigenvalue weighted by atomic mass is 9.91. The molecule has 0 saturated carbocycles. The lowest BCUT2D eigenvalue weighted by Crippen LogP contribution is -2.26. The highest BCUT2D eigenvalue weighted by molar-refractivity contribution is 9.10. The number of halogens is 1. The number of nitrogens with zero attached hydrogens (tertiary/aromatic N) is 1. The van der Waals surface area contributed by atoms with E-state index in [9.17, 15) is 0 Å². The van der Waals surface area contributed by atoms with Crippen molar-refractivity contribution < 1.29 is 0 Å². The molecule has 0 atom stereocenters. The maximum absolute atomic E-state index is 9.15. The van der Waals surface area contributed by atoms with Gasteiger partial charge in [0.15, 0.2) is 0 Å². The van der Waals surface area contributed by atoms with Crippen LogP contribution in [0.15, 0.2) is 40.2 Å². The van der Waals surface area contributed by atoms with Gasteiger partial charge in [0.1, 0.15) is 6.07 Å². The molecule has 0 bridgehead atoms. The summed E-state index contributed by atoms with van der Waals surface area (Å²) >= 11 is 5.15. The lowest BCUT2D eigenvalue weighted by Gasteiger charge is -2.24. The van der Waals surface area contributed by atoms with Crippen molar-refractivity contribution in [3.63, 3.8) is 0 Å². The standard InChI is InChI=1S/C15H15BrN2S/c1-15(2,14-4-3-7-19-14)10-18-13-6-5-12(16)8-11(13)9-17/h3-8,18H,10H2,1-2H3. The zero-order chi connectivity index (χ0) is 13.9. The molecular formula is C15H15BrN2S. The fourth-order valence-electron chi connectivity index (χ4n) is 1.83. The topological polar surface area (TPSA) is 35.8 Å². The third-order valence-corrected chi connectivity index (χ3v) is 4.74. The largest absolute Gasteiger partial charge is 0.383 e. The molecule has 0 fully saturated rings. The molecular weight excluding hydrogens is 320 g/mol. The van der Waals surface area contributed by atoms with Gasteiger partial charge in [0, 0.05) is 21.3 Å². The van der Waals surface area contributed by atoms with Gasteiger partial charge in [-0.1, -0.05) is 35.8 Å². The van der Waals surface area contributed by atoms with Gasteiger partial charge in [0.05, 0.1) is 11.3 Å². The van der Waals surface area contributed by atoms with Crippen molar-refractivity contribution >= 4 is 33.0 Å². The Bertz CT molecular complexity index is 597. The molecule has 0 amide bonds. The van der Waals surface area contributed by atoms with Crippen molar-refractivity contribution in [3.8, 4) is 6.07 Å². The molecule has 98 valence electrons. The molecule has 1 aromatic heterocycles. The van der Waals surface area contributed by atoms with Crippen molar-refractivity contribution in [2.75, 3.05) is 11.9 Å². The van der Waals surface area contributed by atoms with Gasteiger partial charge in [-0.05, 0) is 29.6 Å². The van der Waals surface area contributed by atoms with Crippen LogP contribution in [0.3, 0.4) is 0 Å². The van der Waals surface area contributed by atoms with Gasteiger partial charge in [-0.2, -0.15) is 5.26 Å². The van der Waals surface area contributed by atoms with Crippen LogP contribution in [0.5, 0.6) is 0 Å². The number of thiophene rings is 1. The average molecular weight is 335 g/mol. The van der Waals surface area contributed by atoms with Crippen LogP contribution in [0.1, 0.15) is 24.3 Å². The smallest absolute Gasteiger partial charge is 0.101 e. The predicted octanol–water partition coefficient (Wildman–Crippen LogP) is 4.77. The molecule has 1 N–H and O–H groups in total. The van der Waals surface area contributed by atoms with E-state index in [2.05, 4.69) is 58.7 Å². The fourth-order valence-corrected chi connectivity index (χ4v) is 3.04. The highest BCUT2D eigenvalue weighted by atomic mass is 79.9. The monoisotopic (exact) mass is 334 g/mol. The number of rotatable bonds is 4. The Hall–Kier alpha value is -1.31. The van der Waals surface area contributed by atoms with Gasteiger partial charge >= 0.3 is 0 Å². The van der Waals surface area contributed by atoms with Crippen LogP contribution in [0.2, 0.25) is 0 Å². The number of hydrogen-bond donors (Lipinski definition) is 1. The molecule has 2 aromatic rings. The van der Waals surface area contributed by atoms with Crippen LogP contribution in [-0.2, 0) is 5.41 Å². The van der Waals surface area contributed by atoms with Gasteiger partial charge < -0.3 is 5.32 Å². The summed E-state index contributed by atoms with van der Waals surface area (Å²) in [5.74, 6) is 0. The van der Waals surface area contributed by atoms with Crippen LogP contribution in [-0.4, -0.2) is 6.54 Å². The van der Waals surface area contributed by atoms with E-state index in [4.69, 9.17) is 5.26 Å². The van der Waals surface area contributed by atoms with Crippen LogP contribution in [0, 0.1) is 11.3 Å². The Balaban J connectivity index is 2.13. The van der Waals surface area contributed by atoms with E-state index in [0.717, 1.165) is 16.7 Å². The Kier molecular flexibility index (Phi) is 4.28. The van der Waals surface area contributed by atoms with E-state index in [0.29, 0.717) is 5.56 Å².